The van der Waals surface area contributed by atoms with Gasteiger partial charge >= 0.3 is 5.97 Å². The average molecular weight is 465 g/mol. The zero-order chi connectivity index (χ0) is 22.8. The van der Waals surface area contributed by atoms with E-state index in [0.29, 0.717) is 29.0 Å². The Labute approximate surface area is 198 Å². The van der Waals surface area contributed by atoms with Crippen molar-refractivity contribution in [2.24, 2.45) is 23.2 Å². The number of nitrogens with one attached hydrogen (secondary N) is 2. The molecule has 7 rings (SSSR count). The minimum atomic E-state index is -1.26. The van der Waals surface area contributed by atoms with E-state index in [0.717, 1.165) is 29.1 Å². The standard InChI is InChI=1S/C27H29ClN2O3/c28-22-11-19(26-13-16-8-17(14-26)10-18(9-16)15-26)4-5-23(22)29-20-2-1-3-21(12-20)30-24(31)27(6-7-27)25(32)33/h1-5,11-12,16-18,29H,6-10,13-15H2,(H,30,31)(H,32,33). The third kappa shape index (κ3) is 3.61. The maximum Gasteiger partial charge on any atom is 0.319 e. The van der Waals surface area contributed by atoms with E-state index in [-0.39, 0.29) is 0 Å². The number of aliphatic carboxylic acids is 1. The molecular weight excluding hydrogens is 436 g/mol. The molecule has 0 spiro atoms. The van der Waals surface area contributed by atoms with Crippen LogP contribution in [0, 0.1) is 23.2 Å². The van der Waals surface area contributed by atoms with Crippen molar-refractivity contribution in [1.29, 1.82) is 0 Å². The average Bonchev–Trinajstić information content (AvgIpc) is 3.57. The van der Waals surface area contributed by atoms with Gasteiger partial charge in [-0.1, -0.05) is 23.7 Å². The number of hydrogen-bond donors (Lipinski definition) is 3. The Kier molecular flexibility index (Phi) is 4.77. The van der Waals surface area contributed by atoms with E-state index in [2.05, 4.69) is 28.8 Å². The van der Waals surface area contributed by atoms with Gasteiger partial charge in [-0.3, -0.25) is 9.59 Å². The molecule has 5 aliphatic rings. The SMILES string of the molecule is O=C(O)C1(C(=O)Nc2cccc(Nc3ccc(C45CC6CC(CC(C6)C4)C5)cc3Cl)c2)CC1. The molecule has 4 bridgehead atoms. The number of anilines is 3. The number of carboxylic acid groups (broad SMARTS) is 1. The van der Waals surface area contributed by atoms with Crippen LogP contribution in [-0.2, 0) is 15.0 Å². The molecule has 6 heteroatoms. The fraction of sp³-hybridized carbons (Fsp3) is 0.481. The van der Waals surface area contributed by atoms with E-state index < -0.39 is 17.3 Å². The van der Waals surface area contributed by atoms with Crippen molar-refractivity contribution in [2.45, 2.75) is 56.8 Å². The second-order valence-electron chi connectivity index (χ2n) is 10.9. The smallest absolute Gasteiger partial charge is 0.319 e. The molecule has 0 aliphatic heterocycles. The van der Waals surface area contributed by atoms with Gasteiger partial charge in [-0.25, -0.2) is 0 Å². The van der Waals surface area contributed by atoms with Gasteiger partial charge in [-0.15, -0.1) is 0 Å². The lowest BCUT2D eigenvalue weighted by molar-refractivity contribution is -0.147. The molecule has 5 nitrogen and oxygen atoms in total. The summed E-state index contributed by atoms with van der Waals surface area (Å²) in [5, 5.41) is 16.2. The summed E-state index contributed by atoms with van der Waals surface area (Å²) in [6, 6.07) is 13.8. The molecule has 0 atom stereocenters. The summed E-state index contributed by atoms with van der Waals surface area (Å²) in [7, 11) is 0. The second kappa shape index (κ2) is 7.49. The second-order valence-corrected chi connectivity index (χ2v) is 11.3. The molecule has 5 saturated carbocycles. The van der Waals surface area contributed by atoms with Crippen molar-refractivity contribution in [3.63, 3.8) is 0 Å². The van der Waals surface area contributed by atoms with Gasteiger partial charge in [-0.2, -0.15) is 0 Å². The zero-order valence-electron chi connectivity index (χ0n) is 18.6. The highest BCUT2D eigenvalue weighted by Crippen LogP contribution is 2.61. The number of rotatable bonds is 6. The third-order valence-corrected chi connectivity index (χ3v) is 8.93. The number of amides is 1. The van der Waals surface area contributed by atoms with Crippen LogP contribution < -0.4 is 10.6 Å². The van der Waals surface area contributed by atoms with Gasteiger partial charge in [0.15, 0.2) is 0 Å². The highest BCUT2D eigenvalue weighted by Gasteiger charge is 2.57. The fourth-order valence-corrected chi connectivity index (χ4v) is 7.38. The molecule has 0 aromatic heterocycles. The largest absolute Gasteiger partial charge is 0.480 e. The fourth-order valence-electron chi connectivity index (χ4n) is 7.15. The van der Waals surface area contributed by atoms with Gasteiger partial charge in [-0.05, 0) is 110 Å². The van der Waals surface area contributed by atoms with Crippen LogP contribution in [0.1, 0.15) is 56.9 Å². The van der Waals surface area contributed by atoms with Crippen molar-refractivity contribution >= 4 is 40.5 Å². The molecule has 5 aliphatic carbocycles. The van der Waals surface area contributed by atoms with E-state index in [1.54, 1.807) is 12.1 Å². The molecule has 1 amide bonds. The first-order valence-electron chi connectivity index (χ1n) is 12.1. The molecule has 0 unspecified atom stereocenters. The minimum Gasteiger partial charge on any atom is -0.480 e. The summed E-state index contributed by atoms with van der Waals surface area (Å²) in [6.45, 7) is 0. The molecule has 0 saturated heterocycles. The van der Waals surface area contributed by atoms with Gasteiger partial charge in [0.2, 0.25) is 5.91 Å². The lowest BCUT2D eigenvalue weighted by atomic mass is 9.48. The summed E-state index contributed by atoms with van der Waals surface area (Å²) in [5.74, 6) is 1.16. The predicted octanol–water partition coefficient (Wildman–Crippen LogP) is 6.35. The normalized spacial score (nSPS) is 30.6. The molecule has 0 radical (unpaired) electrons. The maximum absolute atomic E-state index is 12.4. The zero-order valence-corrected chi connectivity index (χ0v) is 19.3. The Morgan fingerprint density at radius 3 is 2.12 bits per heavy atom. The number of carboxylic acids is 1. The number of hydrogen-bond acceptors (Lipinski definition) is 3. The quantitative estimate of drug-likeness (QED) is 0.435. The van der Waals surface area contributed by atoms with E-state index in [1.165, 1.54) is 44.1 Å². The van der Waals surface area contributed by atoms with E-state index in [9.17, 15) is 14.7 Å². The van der Waals surface area contributed by atoms with Crippen LogP contribution in [0.5, 0.6) is 0 Å². The van der Waals surface area contributed by atoms with E-state index in [1.807, 2.05) is 12.1 Å². The van der Waals surface area contributed by atoms with Gasteiger partial charge in [0.05, 0.1) is 10.7 Å². The molecular formula is C27H29ClN2O3. The topological polar surface area (TPSA) is 78.4 Å². The Morgan fingerprint density at radius 1 is 0.909 bits per heavy atom. The number of carbonyl (C=O) groups excluding carboxylic acids is 1. The molecule has 0 heterocycles. The molecule has 3 N–H and O–H groups in total. The summed E-state index contributed by atoms with van der Waals surface area (Å²) in [6.07, 6.45) is 8.97. The van der Waals surface area contributed by atoms with Crippen LogP contribution in [0.2, 0.25) is 5.02 Å². The first-order chi connectivity index (χ1) is 15.8. The predicted molar refractivity (Wildman–Crippen MR) is 129 cm³/mol. The Balaban J connectivity index is 1.19. The van der Waals surface area contributed by atoms with E-state index >= 15 is 0 Å². The Morgan fingerprint density at radius 2 is 1.55 bits per heavy atom. The summed E-state index contributed by atoms with van der Waals surface area (Å²) in [4.78, 5) is 23.8. The number of halogens is 1. The molecule has 172 valence electrons. The first-order valence-corrected chi connectivity index (χ1v) is 12.5. The monoisotopic (exact) mass is 464 g/mol. The Bertz CT molecular complexity index is 1100. The third-order valence-electron chi connectivity index (χ3n) is 8.61. The Hall–Kier alpha value is -2.53. The van der Waals surface area contributed by atoms with Crippen LogP contribution in [0.15, 0.2) is 42.5 Å². The highest BCUT2D eigenvalue weighted by molar-refractivity contribution is 6.33. The number of benzene rings is 2. The van der Waals surface area contributed by atoms with Crippen LogP contribution in [0.3, 0.4) is 0 Å². The lowest BCUT2D eigenvalue weighted by Crippen LogP contribution is -2.48. The summed E-state index contributed by atoms with van der Waals surface area (Å²) >= 11 is 6.75. The number of carbonyl (C=O) groups is 2. The van der Waals surface area contributed by atoms with Gasteiger partial charge in [0.1, 0.15) is 5.41 Å². The minimum absolute atomic E-state index is 0.310. The molecule has 5 fully saturated rings. The maximum atomic E-state index is 12.4. The van der Waals surface area contributed by atoms with Gasteiger partial charge in [0.25, 0.3) is 0 Å². The van der Waals surface area contributed by atoms with Crippen molar-refractivity contribution < 1.29 is 14.7 Å². The van der Waals surface area contributed by atoms with Crippen LogP contribution >= 0.6 is 11.6 Å². The summed E-state index contributed by atoms with van der Waals surface area (Å²) in [5.41, 5.74) is 2.62. The molecule has 33 heavy (non-hydrogen) atoms. The molecule has 2 aromatic rings. The van der Waals surface area contributed by atoms with E-state index in [4.69, 9.17) is 11.6 Å². The van der Waals surface area contributed by atoms with Gasteiger partial charge < -0.3 is 15.7 Å². The van der Waals surface area contributed by atoms with Crippen molar-refractivity contribution in [1.82, 2.24) is 0 Å². The van der Waals surface area contributed by atoms with Crippen LogP contribution in [-0.4, -0.2) is 17.0 Å². The van der Waals surface area contributed by atoms with Crippen molar-refractivity contribution in [3.8, 4) is 0 Å². The van der Waals surface area contributed by atoms with Crippen molar-refractivity contribution in [2.75, 3.05) is 10.6 Å². The molecule has 2 aromatic carbocycles. The van der Waals surface area contributed by atoms with Crippen LogP contribution in [0.25, 0.3) is 0 Å². The lowest BCUT2D eigenvalue weighted by Gasteiger charge is -2.57. The first kappa shape index (κ1) is 21.0. The van der Waals surface area contributed by atoms with Crippen molar-refractivity contribution in [3.05, 3.63) is 53.1 Å². The highest BCUT2D eigenvalue weighted by atomic mass is 35.5. The van der Waals surface area contributed by atoms with Gasteiger partial charge in [0, 0.05) is 11.4 Å². The van der Waals surface area contributed by atoms with Crippen LogP contribution in [0.4, 0.5) is 17.1 Å². The summed E-state index contributed by atoms with van der Waals surface area (Å²) < 4.78 is 0.